The number of furan rings is 1. The van der Waals surface area contributed by atoms with Gasteiger partial charge in [0.15, 0.2) is 0 Å². The largest absolute Gasteiger partial charge is 0.455 e. The quantitative estimate of drug-likeness (QED) is 0.159. The van der Waals surface area contributed by atoms with Crippen molar-refractivity contribution in [1.29, 1.82) is 0 Å². The van der Waals surface area contributed by atoms with Gasteiger partial charge in [-0.3, -0.25) is 0 Å². The van der Waals surface area contributed by atoms with Gasteiger partial charge in [-0.05, 0) is 97.6 Å². The maximum Gasteiger partial charge on any atom is 0.143 e. The molecule has 0 saturated carbocycles. The molecule has 0 unspecified atom stereocenters. The Morgan fingerprint density at radius 3 is 1.68 bits per heavy atom. The van der Waals surface area contributed by atoms with E-state index in [0.29, 0.717) is 0 Å². The summed E-state index contributed by atoms with van der Waals surface area (Å²) >= 11 is 1.86. The van der Waals surface area contributed by atoms with Crippen LogP contribution in [0.5, 0.6) is 0 Å². The molecule has 0 fully saturated rings. The minimum absolute atomic E-state index is 0.852. The molecule has 0 aliphatic carbocycles. The van der Waals surface area contributed by atoms with Crippen molar-refractivity contribution < 1.29 is 4.42 Å². The van der Waals surface area contributed by atoms with E-state index in [4.69, 9.17) is 4.42 Å². The molecule has 0 N–H and O–H groups in total. The van der Waals surface area contributed by atoms with Gasteiger partial charge in [-0.2, -0.15) is 0 Å². The van der Waals surface area contributed by atoms with Crippen LogP contribution in [0.3, 0.4) is 0 Å². The Morgan fingerprint density at radius 1 is 0.354 bits per heavy atom. The highest BCUT2D eigenvalue weighted by molar-refractivity contribution is 7.26. The van der Waals surface area contributed by atoms with Crippen LogP contribution in [0.25, 0.3) is 108 Å². The molecule has 65 heavy (non-hydrogen) atoms. The van der Waals surface area contributed by atoms with Crippen LogP contribution >= 0.6 is 11.3 Å². The molecule has 13 rings (SSSR count). The Bertz CT molecular complexity index is 3920. The van der Waals surface area contributed by atoms with Crippen molar-refractivity contribution in [1.82, 2.24) is 0 Å². The van der Waals surface area contributed by atoms with Gasteiger partial charge in [0.2, 0.25) is 0 Å². The Hall–Kier alpha value is -8.24. The van der Waals surface area contributed by atoms with Crippen molar-refractivity contribution in [3.8, 4) is 44.5 Å². The summed E-state index contributed by atoms with van der Waals surface area (Å²) in [6.07, 6.45) is 0. The molecule has 0 spiro atoms. The van der Waals surface area contributed by atoms with E-state index in [2.05, 4.69) is 241 Å². The van der Waals surface area contributed by atoms with Crippen LogP contribution in [0.15, 0.2) is 241 Å². The van der Waals surface area contributed by atoms with Crippen LogP contribution in [0.4, 0.5) is 17.1 Å². The van der Waals surface area contributed by atoms with Gasteiger partial charge in [0.25, 0.3) is 0 Å². The van der Waals surface area contributed by atoms with Crippen LogP contribution in [-0.4, -0.2) is 0 Å². The van der Waals surface area contributed by atoms with Gasteiger partial charge < -0.3 is 9.32 Å². The smallest absolute Gasteiger partial charge is 0.143 e. The Labute approximate surface area is 380 Å². The summed E-state index contributed by atoms with van der Waals surface area (Å²) in [7, 11) is 0. The monoisotopic (exact) mass is 845 g/mol. The molecular formula is C62H39NOS. The van der Waals surface area contributed by atoms with Gasteiger partial charge in [0.05, 0.1) is 16.1 Å². The highest BCUT2D eigenvalue weighted by atomic mass is 32.1. The highest BCUT2D eigenvalue weighted by Gasteiger charge is 2.26. The molecule has 11 aromatic carbocycles. The molecule has 2 heterocycles. The fraction of sp³-hybridized carbons (Fsp3) is 0. The molecule has 0 atom stereocenters. The van der Waals surface area contributed by atoms with Gasteiger partial charge in [-0.15, -0.1) is 11.3 Å². The predicted octanol–water partition coefficient (Wildman–Crippen LogP) is 18.4. The molecule has 0 radical (unpaired) electrons. The summed E-state index contributed by atoms with van der Waals surface area (Å²) < 4.78 is 9.62. The van der Waals surface area contributed by atoms with Crippen LogP contribution < -0.4 is 4.90 Å². The summed E-state index contributed by atoms with van der Waals surface area (Å²) in [4.78, 5) is 2.48. The molecule has 0 aliphatic heterocycles. The number of thiophene rings is 1. The van der Waals surface area contributed by atoms with E-state index in [-0.39, 0.29) is 0 Å². The third kappa shape index (κ3) is 6.16. The predicted molar refractivity (Wildman–Crippen MR) is 278 cm³/mol. The average molecular weight is 846 g/mol. The second-order valence-electron chi connectivity index (χ2n) is 16.8. The number of rotatable bonds is 7. The second kappa shape index (κ2) is 15.2. The normalized spacial score (nSPS) is 11.7. The summed E-state index contributed by atoms with van der Waals surface area (Å²) in [5.74, 6) is 0. The van der Waals surface area contributed by atoms with E-state index >= 15 is 0 Å². The summed E-state index contributed by atoms with van der Waals surface area (Å²) in [6, 6.07) is 85.9. The van der Waals surface area contributed by atoms with Crippen molar-refractivity contribution in [2.75, 3.05) is 4.90 Å². The summed E-state index contributed by atoms with van der Waals surface area (Å²) in [6.45, 7) is 0. The van der Waals surface area contributed by atoms with Crippen molar-refractivity contribution in [2.45, 2.75) is 0 Å². The molecule has 0 bridgehead atoms. The molecule has 2 nitrogen and oxygen atoms in total. The lowest BCUT2D eigenvalue weighted by atomic mass is 9.90. The van der Waals surface area contributed by atoms with E-state index in [1.165, 1.54) is 69.7 Å². The Balaban J connectivity index is 1.14. The first-order valence-electron chi connectivity index (χ1n) is 22.2. The fourth-order valence-electron chi connectivity index (χ4n) is 10.1. The lowest BCUT2D eigenvalue weighted by Crippen LogP contribution is -2.11. The van der Waals surface area contributed by atoms with Crippen molar-refractivity contribution in [3.63, 3.8) is 0 Å². The molecule has 13 aromatic rings. The van der Waals surface area contributed by atoms with E-state index in [1.54, 1.807) is 0 Å². The van der Waals surface area contributed by atoms with Gasteiger partial charge in [0.1, 0.15) is 11.2 Å². The SMILES string of the molecule is c1ccc(-c2ccc(-c3c(N(c4ccc(-c5ccccc5)cc4)c4cccc5c4sc4ccccc45)ccc4oc5c6ccccc6c(-c6cccc7ccccc67)cc5c34)cc2)cc1. The van der Waals surface area contributed by atoms with Crippen LogP contribution in [0.2, 0.25) is 0 Å². The topological polar surface area (TPSA) is 16.4 Å². The van der Waals surface area contributed by atoms with Crippen molar-refractivity contribution in [3.05, 3.63) is 237 Å². The van der Waals surface area contributed by atoms with E-state index in [9.17, 15) is 0 Å². The lowest BCUT2D eigenvalue weighted by Gasteiger charge is -2.29. The van der Waals surface area contributed by atoms with Crippen molar-refractivity contribution >= 4 is 92.1 Å². The van der Waals surface area contributed by atoms with Gasteiger partial charge in [-0.25, -0.2) is 0 Å². The molecule has 0 amide bonds. The number of anilines is 3. The average Bonchev–Trinajstić information content (AvgIpc) is 3.96. The standard InChI is InChI=1S/C62H39NOS/c1-3-15-40(16-4-1)42-29-31-45(32-30-42)59-55(37-38-57-60(59)54-39-53(49-22-9-10-24-51(49)61(54)64-57)48-25-13-20-44-19-7-8-21-47(44)48)63(46-35-33-43(34-36-46)41-17-5-2-6-18-41)56-27-14-26-52-50-23-11-12-28-58(50)65-62(52)56/h1-39H. The number of fused-ring (bicyclic) bond motifs is 9. The molecule has 304 valence electrons. The first-order valence-corrected chi connectivity index (χ1v) is 23.0. The zero-order valence-corrected chi connectivity index (χ0v) is 36.1. The first kappa shape index (κ1) is 37.3. The second-order valence-corrected chi connectivity index (χ2v) is 17.8. The third-order valence-electron chi connectivity index (χ3n) is 13.1. The number of hydrogen-bond acceptors (Lipinski definition) is 3. The van der Waals surface area contributed by atoms with E-state index < -0.39 is 0 Å². The minimum atomic E-state index is 0.852. The lowest BCUT2D eigenvalue weighted by molar-refractivity contribution is 0.673. The molecule has 3 heteroatoms. The highest BCUT2D eigenvalue weighted by Crippen LogP contribution is 2.52. The van der Waals surface area contributed by atoms with Gasteiger partial charge in [-0.1, -0.05) is 194 Å². The summed E-state index contributed by atoms with van der Waals surface area (Å²) in [5, 5.41) is 9.42. The Kier molecular flexibility index (Phi) is 8.75. The van der Waals surface area contributed by atoms with Crippen LogP contribution in [-0.2, 0) is 0 Å². The van der Waals surface area contributed by atoms with Crippen LogP contribution in [0, 0.1) is 0 Å². The number of nitrogens with zero attached hydrogens (tertiary/aromatic N) is 1. The van der Waals surface area contributed by atoms with E-state index in [1.807, 2.05) is 11.3 Å². The molecular weight excluding hydrogens is 807 g/mol. The first-order chi connectivity index (χ1) is 32.2. The third-order valence-corrected chi connectivity index (χ3v) is 14.3. The van der Waals surface area contributed by atoms with Crippen LogP contribution in [0.1, 0.15) is 0 Å². The van der Waals surface area contributed by atoms with Crippen molar-refractivity contribution in [2.24, 2.45) is 0 Å². The zero-order valence-electron chi connectivity index (χ0n) is 35.3. The maximum absolute atomic E-state index is 7.10. The molecule has 2 aromatic heterocycles. The van der Waals surface area contributed by atoms with Gasteiger partial charge in [0, 0.05) is 42.9 Å². The van der Waals surface area contributed by atoms with E-state index in [0.717, 1.165) is 55.5 Å². The summed E-state index contributed by atoms with van der Waals surface area (Å²) in [5.41, 5.74) is 14.4. The Morgan fingerprint density at radius 2 is 0.923 bits per heavy atom. The number of hydrogen-bond donors (Lipinski definition) is 0. The maximum atomic E-state index is 7.10. The zero-order chi connectivity index (χ0) is 42.8. The van der Waals surface area contributed by atoms with Gasteiger partial charge >= 0.3 is 0 Å². The molecule has 0 aliphatic rings. The minimum Gasteiger partial charge on any atom is -0.455 e. The number of benzene rings is 11. The fourth-order valence-corrected chi connectivity index (χ4v) is 11.3. The molecule has 0 saturated heterocycles.